The summed E-state index contributed by atoms with van der Waals surface area (Å²) in [4.78, 5) is 12.8. The molecule has 0 spiro atoms. The third kappa shape index (κ3) is 3.63. The summed E-state index contributed by atoms with van der Waals surface area (Å²) in [6, 6.07) is 15.2. The van der Waals surface area contributed by atoms with Crippen LogP contribution in [-0.2, 0) is 11.3 Å². The SMILES string of the molecule is O=c1cc(-c2ccccc2Cl)oc2c(-c3cccc(NS(=O)[O-])c3)c(O)cc(O)c12. The van der Waals surface area contributed by atoms with Crippen molar-refractivity contribution in [2.75, 3.05) is 4.72 Å². The summed E-state index contributed by atoms with van der Waals surface area (Å²) in [6.07, 6.45) is 0. The van der Waals surface area contributed by atoms with Crippen LogP contribution in [-0.4, -0.2) is 19.0 Å². The molecule has 4 rings (SSSR count). The van der Waals surface area contributed by atoms with E-state index < -0.39 is 22.4 Å². The van der Waals surface area contributed by atoms with Gasteiger partial charge in [0.15, 0.2) is 11.0 Å². The molecule has 0 aliphatic rings. The summed E-state index contributed by atoms with van der Waals surface area (Å²) in [5.74, 6) is -0.639. The number of hydrogen-bond acceptors (Lipinski definition) is 6. The molecule has 3 N–H and O–H groups in total. The summed E-state index contributed by atoms with van der Waals surface area (Å²) in [6.45, 7) is 0. The van der Waals surface area contributed by atoms with Crippen molar-refractivity contribution in [2.45, 2.75) is 0 Å². The highest BCUT2D eigenvalue weighted by Gasteiger charge is 2.20. The highest BCUT2D eigenvalue weighted by Crippen LogP contribution is 2.42. The molecule has 0 aliphatic carbocycles. The second-order valence-electron chi connectivity index (χ2n) is 6.37. The van der Waals surface area contributed by atoms with E-state index in [-0.39, 0.29) is 33.7 Å². The fraction of sp³-hybridized carbons (Fsp3) is 0. The lowest BCUT2D eigenvalue weighted by molar-refractivity contribution is 0.454. The van der Waals surface area contributed by atoms with Crippen LogP contribution < -0.4 is 10.2 Å². The van der Waals surface area contributed by atoms with Crippen molar-refractivity contribution in [2.24, 2.45) is 0 Å². The van der Waals surface area contributed by atoms with E-state index in [1.807, 2.05) is 0 Å². The van der Waals surface area contributed by atoms with Crippen LogP contribution >= 0.6 is 11.6 Å². The molecule has 0 fully saturated rings. The zero-order valence-corrected chi connectivity index (χ0v) is 16.7. The van der Waals surface area contributed by atoms with Crippen LogP contribution in [0.3, 0.4) is 0 Å². The van der Waals surface area contributed by atoms with Gasteiger partial charge < -0.3 is 23.9 Å². The number of rotatable bonds is 4. The summed E-state index contributed by atoms with van der Waals surface area (Å²) < 4.78 is 30.1. The molecule has 0 aliphatic heterocycles. The lowest BCUT2D eigenvalue weighted by Gasteiger charge is -2.14. The van der Waals surface area contributed by atoms with E-state index in [2.05, 4.69) is 4.72 Å². The van der Waals surface area contributed by atoms with Crippen molar-refractivity contribution in [1.82, 2.24) is 0 Å². The molecule has 0 bridgehead atoms. The summed E-state index contributed by atoms with van der Waals surface area (Å²) in [5, 5.41) is 21.0. The molecule has 0 saturated carbocycles. The molecule has 0 saturated heterocycles. The lowest BCUT2D eigenvalue weighted by Crippen LogP contribution is -2.03. The fourth-order valence-electron chi connectivity index (χ4n) is 3.21. The lowest BCUT2D eigenvalue weighted by atomic mass is 10.00. The van der Waals surface area contributed by atoms with Crippen molar-refractivity contribution in [1.29, 1.82) is 0 Å². The Morgan fingerprint density at radius 3 is 2.50 bits per heavy atom. The number of benzene rings is 3. The van der Waals surface area contributed by atoms with Gasteiger partial charge in [-0.25, -0.2) is 0 Å². The van der Waals surface area contributed by atoms with E-state index in [4.69, 9.17) is 16.0 Å². The molecule has 3 aromatic carbocycles. The largest absolute Gasteiger partial charge is 0.755 e. The predicted molar refractivity (Wildman–Crippen MR) is 114 cm³/mol. The van der Waals surface area contributed by atoms with Crippen LogP contribution in [0.15, 0.2) is 69.9 Å². The first kappa shape index (κ1) is 20.0. The molecular formula is C21H13ClNO6S-. The van der Waals surface area contributed by atoms with Gasteiger partial charge in [-0.2, -0.15) is 0 Å². The molecule has 7 nitrogen and oxygen atoms in total. The Morgan fingerprint density at radius 2 is 1.77 bits per heavy atom. The molecule has 1 heterocycles. The highest BCUT2D eigenvalue weighted by atomic mass is 35.5. The first-order valence-corrected chi connectivity index (χ1v) is 10.0. The van der Waals surface area contributed by atoms with Gasteiger partial charge in [0, 0.05) is 34.7 Å². The van der Waals surface area contributed by atoms with Gasteiger partial charge in [-0.3, -0.25) is 9.00 Å². The van der Waals surface area contributed by atoms with E-state index in [1.54, 1.807) is 36.4 Å². The van der Waals surface area contributed by atoms with Crippen LogP contribution in [0.2, 0.25) is 5.02 Å². The Kier molecular flexibility index (Phi) is 5.21. The smallest absolute Gasteiger partial charge is 0.197 e. The number of phenolic OH excluding ortho intramolecular Hbond substituents is 2. The highest BCUT2D eigenvalue weighted by molar-refractivity contribution is 7.80. The van der Waals surface area contributed by atoms with E-state index in [1.165, 1.54) is 18.2 Å². The van der Waals surface area contributed by atoms with Crippen LogP contribution in [0.5, 0.6) is 11.5 Å². The van der Waals surface area contributed by atoms with Crippen molar-refractivity contribution in [3.63, 3.8) is 0 Å². The molecule has 30 heavy (non-hydrogen) atoms. The van der Waals surface area contributed by atoms with Gasteiger partial charge in [0.05, 0.1) is 10.6 Å². The Balaban J connectivity index is 2.04. The quantitative estimate of drug-likeness (QED) is 0.402. The molecule has 1 aromatic heterocycles. The van der Waals surface area contributed by atoms with E-state index in [9.17, 15) is 23.8 Å². The minimum atomic E-state index is -2.54. The van der Waals surface area contributed by atoms with Gasteiger partial charge in [-0.05, 0) is 29.8 Å². The summed E-state index contributed by atoms with van der Waals surface area (Å²) >= 11 is 3.68. The summed E-state index contributed by atoms with van der Waals surface area (Å²) in [5.41, 5.74) is 0.604. The average Bonchev–Trinajstić information content (AvgIpc) is 2.67. The van der Waals surface area contributed by atoms with Crippen LogP contribution in [0.1, 0.15) is 0 Å². The molecule has 9 heteroatoms. The number of nitrogens with one attached hydrogen (secondary N) is 1. The van der Waals surface area contributed by atoms with Crippen molar-refractivity contribution >= 4 is 39.5 Å². The van der Waals surface area contributed by atoms with Crippen LogP contribution in [0.4, 0.5) is 5.69 Å². The van der Waals surface area contributed by atoms with Crippen LogP contribution in [0.25, 0.3) is 33.4 Å². The molecule has 152 valence electrons. The third-order valence-corrected chi connectivity index (χ3v) is 5.18. The number of hydrogen-bond donors (Lipinski definition) is 3. The minimum absolute atomic E-state index is 0.0599. The third-order valence-electron chi connectivity index (χ3n) is 4.45. The number of phenols is 2. The maximum absolute atomic E-state index is 12.8. The average molecular weight is 443 g/mol. The second-order valence-corrected chi connectivity index (χ2v) is 7.45. The molecule has 4 aromatic rings. The number of aromatic hydroxyl groups is 2. The Bertz CT molecular complexity index is 1370. The molecule has 0 amide bonds. The monoisotopic (exact) mass is 442 g/mol. The number of anilines is 1. The Labute approximate surface area is 177 Å². The van der Waals surface area contributed by atoms with Gasteiger partial charge in [-0.1, -0.05) is 35.9 Å². The van der Waals surface area contributed by atoms with E-state index in [0.717, 1.165) is 6.07 Å². The molecule has 1 atom stereocenters. The first-order chi connectivity index (χ1) is 14.3. The normalized spacial score (nSPS) is 12.1. The van der Waals surface area contributed by atoms with Gasteiger partial charge in [0.1, 0.15) is 22.6 Å². The fourth-order valence-corrected chi connectivity index (χ4v) is 3.76. The predicted octanol–water partition coefficient (Wildman–Crippen LogP) is 4.40. The van der Waals surface area contributed by atoms with E-state index >= 15 is 0 Å². The number of fused-ring (bicyclic) bond motifs is 1. The van der Waals surface area contributed by atoms with Crippen molar-refractivity contribution < 1.29 is 23.4 Å². The van der Waals surface area contributed by atoms with Gasteiger partial charge >= 0.3 is 0 Å². The molecular weight excluding hydrogens is 430 g/mol. The van der Waals surface area contributed by atoms with Crippen molar-refractivity contribution in [3.8, 4) is 33.9 Å². The Morgan fingerprint density at radius 1 is 1.00 bits per heavy atom. The van der Waals surface area contributed by atoms with Gasteiger partial charge in [-0.15, -0.1) is 0 Å². The topological polar surface area (TPSA) is 123 Å². The maximum atomic E-state index is 12.8. The first-order valence-electron chi connectivity index (χ1n) is 8.59. The zero-order chi connectivity index (χ0) is 21.4. The van der Waals surface area contributed by atoms with E-state index in [0.29, 0.717) is 16.1 Å². The minimum Gasteiger partial charge on any atom is -0.755 e. The Hall–Kier alpha value is -3.33. The standard InChI is InChI=1S/C21H14ClNO6S/c22-14-7-2-1-6-13(14)18-10-17(26)20-16(25)9-15(24)19(21(20)29-18)11-4-3-5-12(8-11)23-30(27)28/h1-10,23-25H,(H,27,28)/p-1. The second kappa shape index (κ2) is 7.83. The maximum Gasteiger partial charge on any atom is 0.197 e. The molecule has 1 unspecified atom stereocenters. The zero-order valence-electron chi connectivity index (χ0n) is 15.1. The number of halogens is 1. The van der Waals surface area contributed by atoms with Crippen LogP contribution in [0, 0.1) is 0 Å². The van der Waals surface area contributed by atoms with Gasteiger partial charge in [0.2, 0.25) is 0 Å². The van der Waals surface area contributed by atoms with Crippen molar-refractivity contribution in [3.05, 3.63) is 75.9 Å². The van der Waals surface area contributed by atoms with Gasteiger partial charge in [0.25, 0.3) is 0 Å². The summed E-state index contributed by atoms with van der Waals surface area (Å²) in [7, 11) is 0. The molecule has 0 radical (unpaired) electrons.